The van der Waals surface area contributed by atoms with Crippen molar-refractivity contribution in [3.8, 4) is 0 Å². The largest absolute Gasteiger partial charge is 0.353 e. The van der Waals surface area contributed by atoms with Crippen LogP contribution in [0.5, 0.6) is 0 Å². The molecule has 1 saturated carbocycles. The number of nitrogens with two attached hydrogens (primary N) is 1. The number of nitrogens with zero attached hydrogens (tertiary/aromatic N) is 1. The fraction of sp³-hybridized carbons (Fsp3) is 0.500. The van der Waals surface area contributed by atoms with Gasteiger partial charge < -0.3 is 10.7 Å². The molecule has 8 nitrogen and oxygen atoms in total. The number of sulfonamides is 1. The van der Waals surface area contributed by atoms with E-state index in [0.717, 1.165) is 12.8 Å². The first-order chi connectivity index (χ1) is 10.0. The van der Waals surface area contributed by atoms with Crippen molar-refractivity contribution in [2.24, 2.45) is 5.84 Å². The Labute approximate surface area is 123 Å². The summed E-state index contributed by atoms with van der Waals surface area (Å²) < 4.78 is 26.6. The summed E-state index contributed by atoms with van der Waals surface area (Å²) in [5.41, 5.74) is 2.24. The second-order valence-corrected chi connectivity index (χ2v) is 6.57. The van der Waals surface area contributed by atoms with Gasteiger partial charge in [0.15, 0.2) is 5.82 Å². The number of carbonyl (C=O) groups excluding carboxylic acids is 1. The van der Waals surface area contributed by atoms with Gasteiger partial charge in [0, 0.05) is 25.2 Å². The fourth-order valence-electron chi connectivity index (χ4n) is 1.78. The Morgan fingerprint density at radius 1 is 1.43 bits per heavy atom. The molecular formula is C12H19N5O3S. The van der Waals surface area contributed by atoms with Crippen LogP contribution in [0.1, 0.15) is 25.7 Å². The van der Waals surface area contributed by atoms with Gasteiger partial charge in [-0.25, -0.2) is 24.0 Å². The first kappa shape index (κ1) is 15.7. The Hall–Kier alpha value is -1.71. The summed E-state index contributed by atoms with van der Waals surface area (Å²) in [7, 11) is -3.70. The van der Waals surface area contributed by atoms with Crippen molar-refractivity contribution < 1.29 is 13.2 Å². The normalized spacial score (nSPS) is 14.7. The van der Waals surface area contributed by atoms with Crippen LogP contribution >= 0.6 is 0 Å². The van der Waals surface area contributed by atoms with Crippen molar-refractivity contribution in [2.45, 2.75) is 36.6 Å². The minimum absolute atomic E-state index is 0.0186. The van der Waals surface area contributed by atoms with Gasteiger partial charge in [-0.3, -0.25) is 4.79 Å². The average molecular weight is 313 g/mol. The second kappa shape index (κ2) is 6.83. The number of anilines is 1. The molecule has 0 spiro atoms. The highest BCUT2D eigenvalue weighted by atomic mass is 32.2. The summed E-state index contributed by atoms with van der Waals surface area (Å²) in [6.07, 6.45) is 4.25. The van der Waals surface area contributed by atoms with E-state index in [9.17, 15) is 13.2 Å². The van der Waals surface area contributed by atoms with Crippen molar-refractivity contribution in [3.63, 3.8) is 0 Å². The van der Waals surface area contributed by atoms with Crippen LogP contribution in [0.4, 0.5) is 5.82 Å². The Kier molecular flexibility index (Phi) is 5.10. The van der Waals surface area contributed by atoms with Gasteiger partial charge in [0.2, 0.25) is 15.9 Å². The van der Waals surface area contributed by atoms with Gasteiger partial charge in [-0.1, -0.05) is 0 Å². The molecule has 0 radical (unpaired) electrons. The van der Waals surface area contributed by atoms with E-state index >= 15 is 0 Å². The highest BCUT2D eigenvalue weighted by molar-refractivity contribution is 7.89. The SMILES string of the molecule is NNc1ncccc1S(=O)(=O)NCCCC(=O)NC1CC1. The summed E-state index contributed by atoms with van der Waals surface area (Å²) >= 11 is 0. The van der Waals surface area contributed by atoms with Crippen molar-refractivity contribution in [1.82, 2.24) is 15.0 Å². The van der Waals surface area contributed by atoms with Crippen LogP contribution in [0.15, 0.2) is 23.2 Å². The molecule has 1 aliphatic rings. The van der Waals surface area contributed by atoms with Crippen LogP contribution in [0.25, 0.3) is 0 Å². The lowest BCUT2D eigenvalue weighted by Crippen LogP contribution is -2.29. The third-order valence-electron chi connectivity index (χ3n) is 3.01. The van der Waals surface area contributed by atoms with E-state index in [0.29, 0.717) is 18.9 Å². The van der Waals surface area contributed by atoms with E-state index in [1.165, 1.54) is 18.3 Å². The van der Waals surface area contributed by atoms with Crippen LogP contribution in [0.2, 0.25) is 0 Å². The average Bonchev–Trinajstić information content (AvgIpc) is 3.27. The lowest BCUT2D eigenvalue weighted by molar-refractivity contribution is -0.121. The fourth-order valence-corrected chi connectivity index (χ4v) is 2.97. The van der Waals surface area contributed by atoms with E-state index in [-0.39, 0.29) is 23.2 Å². The van der Waals surface area contributed by atoms with Crippen LogP contribution in [0, 0.1) is 0 Å². The summed E-state index contributed by atoms with van der Waals surface area (Å²) in [6, 6.07) is 3.24. The number of hydrazine groups is 1. The van der Waals surface area contributed by atoms with Crippen molar-refractivity contribution >= 4 is 21.7 Å². The molecule has 116 valence electrons. The molecule has 1 aliphatic carbocycles. The predicted molar refractivity (Wildman–Crippen MR) is 77.6 cm³/mol. The maximum Gasteiger partial charge on any atom is 0.244 e. The predicted octanol–water partition coefficient (Wildman–Crippen LogP) is -0.296. The topological polar surface area (TPSA) is 126 Å². The van der Waals surface area contributed by atoms with Crippen LogP contribution < -0.4 is 21.3 Å². The quantitative estimate of drug-likeness (QED) is 0.297. The third-order valence-corrected chi connectivity index (χ3v) is 4.50. The Morgan fingerprint density at radius 2 is 2.19 bits per heavy atom. The highest BCUT2D eigenvalue weighted by Gasteiger charge is 2.23. The van der Waals surface area contributed by atoms with Gasteiger partial charge in [-0.2, -0.15) is 0 Å². The van der Waals surface area contributed by atoms with Crippen LogP contribution in [0.3, 0.4) is 0 Å². The molecule has 0 saturated heterocycles. The van der Waals surface area contributed by atoms with Crippen LogP contribution in [-0.4, -0.2) is 31.9 Å². The van der Waals surface area contributed by atoms with E-state index in [2.05, 4.69) is 20.4 Å². The van der Waals surface area contributed by atoms with E-state index in [1.807, 2.05) is 0 Å². The van der Waals surface area contributed by atoms with Gasteiger partial charge in [0.1, 0.15) is 4.90 Å². The summed E-state index contributed by atoms with van der Waals surface area (Å²) in [5.74, 6) is 5.28. The van der Waals surface area contributed by atoms with E-state index < -0.39 is 10.0 Å². The molecule has 0 aromatic carbocycles. The highest BCUT2D eigenvalue weighted by Crippen LogP contribution is 2.19. The molecule has 5 N–H and O–H groups in total. The maximum atomic E-state index is 12.1. The number of nitrogen functional groups attached to an aromatic ring is 1. The van der Waals surface area contributed by atoms with E-state index in [1.54, 1.807) is 0 Å². The van der Waals surface area contributed by atoms with Crippen molar-refractivity contribution in [2.75, 3.05) is 12.0 Å². The van der Waals surface area contributed by atoms with Gasteiger partial charge in [-0.05, 0) is 31.4 Å². The molecule has 1 aromatic heterocycles. The molecule has 1 heterocycles. The zero-order valence-electron chi connectivity index (χ0n) is 11.5. The molecule has 9 heteroatoms. The van der Waals surface area contributed by atoms with Crippen molar-refractivity contribution in [3.05, 3.63) is 18.3 Å². The minimum Gasteiger partial charge on any atom is -0.353 e. The smallest absolute Gasteiger partial charge is 0.244 e. The van der Waals surface area contributed by atoms with Crippen LogP contribution in [-0.2, 0) is 14.8 Å². The molecule has 0 bridgehead atoms. The molecule has 1 aromatic rings. The van der Waals surface area contributed by atoms with Gasteiger partial charge in [0.05, 0.1) is 0 Å². The van der Waals surface area contributed by atoms with Gasteiger partial charge in [-0.15, -0.1) is 0 Å². The number of nitrogens with one attached hydrogen (secondary N) is 3. The Morgan fingerprint density at radius 3 is 2.86 bits per heavy atom. The number of pyridine rings is 1. The molecule has 2 rings (SSSR count). The maximum absolute atomic E-state index is 12.1. The second-order valence-electron chi connectivity index (χ2n) is 4.84. The lowest BCUT2D eigenvalue weighted by Gasteiger charge is -2.10. The zero-order chi connectivity index (χ0) is 15.3. The number of aromatic nitrogens is 1. The first-order valence-electron chi connectivity index (χ1n) is 6.73. The van der Waals surface area contributed by atoms with Gasteiger partial charge >= 0.3 is 0 Å². The van der Waals surface area contributed by atoms with E-state index in [4.69, 9.17) is 5.84 Å². The number of amides is 1. The number of carbonyl (C=O) groups is 1. The molecule has 0 unspecified atom stereocenters. The first-order valence-corrected chi connectivity index (χ1v) is 8.22. The lowest BCUT2D eigenvalue weighted by atomic mass is 10.3. The Bertz CT molecular complexity index is 601. The monoisotopic (exact) mass is 313 g/mol. The minimum atomic E-state index is -3.70. The molecular weight excluding hydrogens is 294 g/mol. The number of rotatable bonds is 8. The number of hydrogen-bond acceptors (Lipinski definition) is 6. The zero-order valence-corrected chi connectivity index (χ0v) is 12.3. The van der Waals surface area contributed by atoms with Crippen molar-refractivity contribution in [1.29, 1.82) is 0 Å². The third kappa shape index (κ3) is 4.66. The summed E-state index contributed by atoms with van der Waals surface area (Å²) in [5, 5.41) is 2.85. The molecule has 0 aliphatic heterocycles. The Balaban J connectivity index is 1.82. The van der Waals surface area contributed by atoms with Gasteiger partial charge in [0.25, 0.3) is 0 Å². The molecule has 1 amide bonds. The molecule has 1 fully saturated rings. The summed E-state index contributed by atoms with van der Waals surface area (Å²) in [6.45, 7) is 0.180. The summed E-state index contributed by atoms with van der Waals surface area (Å²) in [4.78, 5) is 15.3. The standard InChI is InChI=1S/C12H19N5O3S/c13-17-12-10(3-1-7-14-12)21(19,20)15-8-2-4-11(18)16-9-5-6-9/h1,3,7,9,15H,2,4-6,8,13H2,(H,14,17)(H,16,18). The molecule has 0 atom stereocenters. The molecule has 21 heavy (non-hydrogen) atoms. The number of hydrogen-bond donors (Lipinski definition) is 4.